The Morgan fingerprint density at radius 1 is 1.16 bits per heavy atom. The molecule has 7 nitrogen and oxygen atoms in total. The molecule has 0 atom stereocenters. The van der Waals surface area contributed by atoms with Crippen LogP contribution in [0.4, 0.5) is 19.0 Å². The van der Waals surface area contributed by atoms with Crippen molar-refractivity contribution in [3.63, 3.8) is 0 Å². The highest BCUT2D eigenvalue weighted by molar-refractivity contribution is 7.89. The monoisotopic (exact) mass is 477 g/mol. The van der Waals surface area contributed by atoms with Crippen molar-refractivity contribution in [2.45, 2.75) is 18.0 Å². The molecule has 0 spiro atoms. The maximum atomic E-state index is 13.0. The number of methoxy groups -OCH3 is 1. The Kier molecular flexibility index (Phi) is 6.49. The summed E-state index contributed by atoms with van der Waals surface area (Å²) >= 11 is 5.99. The summed E-state index contributed by atoms with van der Waals surface area (Å²) in [5.41, 5.74) is -0.307. The van der Waals surface area contributed by atoms with Crippen LogP contribution >= 0.6 is 11.6 Å². The van der Waals surface area contributed by atoms with Gasteiger partial charge in [-0.3, -0.25) is 0 Å². The van der Waals surface area contributed by atoms with Crippen LogP contribution in [0.5, 0.6) is 0 Å². The number of alkyl halides is 3. The minimum absolute atomic E-state index is 0.0688. The van der Waals surface area contributed by atoms with Crippen molar-refractivity contribution in [3.05, 3.63) is 52.2 Å². The van der Waals surface area contributed by atoms with Gasteiger partial charge in [0.1, 0.15) is 5.82 Å². The van der Waals surface area contributed by atoms with Gasteiger partial charge in [-0.2, -0.15) is 17.5 Å². The Morgan fingerprint density at radius 2 is 1.81 bits per heavy atom. The number of piperazine rings is 1. The molecule has 0 radical (unpaired) electrons. The van der Waals surface area contributed by atoms with Crippen LogP contribution < -0.4 is 4.90 Å². The fraction of sp³-hybridized carbons (Fsp3) is 0.368. The average molecular weight is 478 g/mol. The zero-order valence-electron chi connectivity index (χ0n) is 16.6. The lowest BCUT2D eigenvalue weighted by Gasteiger charge is -2.35. The van der Waals surface area contributed by atoms with Crippen LogP contribution in [0.3, 0.4) is 0 Å². The first-order valence-electron chi connectivity index (χ1n) is 9.12. The third kappa shape index (κ3) is 4.78. The number of carbonyl (C=O) groups excluding carboxylic acids is 1. The molecule has 0 aliphatic carbocycles. The summed E-state index contributed by atoms with van der Waals surface area (Å²) in [5.74, 6) is -0.396. The summed E-state index contributed by atoms with van der Waals surface area (Å²) in [6, 6.07) is 4.99. The van der Waals surface area contributed by atoms with E-state index in [1.165, 1.54) is 29.6 Å². The van der Waals surface area contributed by atoms with Gasteiger partial charge in [0, 0.05) is 32.4 Å². The van der Waals surface area contributed by atoms with E-state index in [2.05, 4.69) is 9.72 Å². The van der Waals surface area contributed by atoms with Crippen molar-refractivity contribution >= 4 is 33.4 Å². The molecular weight excluding hydrogens is 459 g/mol. The number of aromatic nitrogens is 1. The van der Waals surface area contributed by atoms with Crippen molar-refractivity contribution in [1.82, 2.24) is 9.29 Å². The molecule has 0 bridgehead atoms. The van der Waals surface area contributed by atoms with E-state index >= 15 is 0 Å². The molecule has 12 heteroatoms. The van der Waals surface area contributed by atoms with E-state index in [0.29, 0.717) is 11.8 Å². The molecule has 3 rings (SSSR count). The molecule has 1 fully saturated rings. The normalized spacial score (nSPS) is 15.7. The molecule has 1 aromatic heterocycles. The van der Waals surface area contributed by atoms with Crippen LogP contribution in [0.15, 0.2) is 35.4 Å². The lowest BCUT2D eigenvalue weighted by molar-refractivity contribution is -0.137. The van der Waals surface area contributed by atoms with E-state index in [-0.39, 0.29) is 47.5 Å². The summed E-state index contributed by atoms with van der Waals surface area (Å²) < 4.78 is 70.4. The molecule has 1 aliphatic heterocycles. The summed E-state index contributed by atoms with van der Waals surface area (Å²) in [5, 5.41) is -0.152. The minimum Gasteiger partial charge on any atom is -0.465 e. The molecule has 1 aromatic carbocycles. The van der Waals surface area contributed by atoms with Crippen molar-refractivity contribution in [2.24, 2.45) is 0 Å². The van der Waals surface area contributed by atoms with E-state index in [1.54, 1.807) is 11.8 Å². The zero-order valence-corrected chi connectivity index (χ0v) is 18.2. The maximum Gasteiger partial charge on any atom is 0.417 e. The number of nitrogens with zero attached hydrogens (tertiary/aromatic N) is 3. The van der Waals surface area contributed by atoms with Gasteiger partial charge in [-0.25, -0.2) is 18.2 Å². The van der Waals surface area contributed by atoms with Gasteiger partial charge in [-0.05, 0) is 36.8 Å². The Balaban J connectivity index is 1.75. The summed E-state index contributed by atoms with van der Waals surface area (Å²) in [6.07, 6.45) is -3.85. The summed E-state index contributed by atoms with van der Waals surface area (Å²) in [6.45, 7) is 2.19. The van der Waals surface area contributed by atoms with E-state index in [0.717, 1.165) is 6.07 Å². The molecular formula is C19H19ClF3N3O4S. The van der Waals surface area contributed by atoms with Gasteiger partial charge in [0.25, 0.3) is 0 Å². The van der Waals surface area contributed by atoms with Crippen LogP contribution in [-0.2, 0) is 20.9 Å². The number of esters is 1. The first-order chi connectivity index (χ1) is 14.4. The van der Waals surface area contributed by atoms with Gasteiger partial charge in [0.05, 0.1) is 28.2 Å². The van der Waals surface area contributed by atoms with Crippen LogP contribution in [0.2, 0.25) is 5.02 Å². The Hall–Kier alpha value is -2.37. The fourth-order valence-electron chi connectivity index (χ4n) is 3.28. The quantitative estimate of drug-likeness (QED) is 0.628. The van der Waals surface area contributed by atoms with E-state index < -0.39 is 27.7 Å². The number of hydrogen-bond donors (Lipinski definition) is 0. The minimum atomic E-state index is -4.55. The van der Waals surface area contributed by atoms with Gasteiger partial charge in [-0.15, -0.1) is 0 Å². The third-order valence-electron chi connectivity index (χ3n) is 4.90. The Morgan fingerprint density at radius 3 is 2.32 bits per heavy atom. The highest BCUT2D eigenvalue weighted by Crippen LogP contribution is 2.34. The number of carbonyl (C=O) groups is 1. The third-order valence-corrected chi connectivity index (χ3v) is 7.24. The van der Waals surface area contributed by atoms with Crippen LogP contribution in [0, 0.1) is 6.92 Å². The molecule has 2 aromatic rings. The molecule has 168 valence electrons. The molecule has 0 unspecified atom stereocenters. The average Bonchev–Trinajstić information content (AvgIpc) is 2.72. The number of pyridine rings is 1. The van der Waals surface area contributed by atoms with Gasteiger partial charge < -0.3 is 9.64 Å². The molecule has 2 heterocycles. The second-order valence-corrected chi connectivity index (χ2v) is 9.20. The van der Waals surface area contributed by atoms with E-state index in [1.807, 2.05) is 0 Å². The second kappa shape index (κ2) is 8.64. The highest BCUT2D eigenvalue weighted by Gasteiger charge is 2.34. The fourth-order valence-corrected chi connectivity index (χ4v) is 5.20. The van der Waals surface area contributed by atoms with Crippen molar-refractivity contribution in [1.29, 1.82) is 0 Å². The van der Waals surface area contributed by atoms with Gasteiger partial charge in [-0.1, -0.05) is 11.6 Å². The maximum absolute atomic E-state index is 13.0. The Labute approximate surface area is 182 Å². The van der Waals surface area contributed by atoms with E-state index in [9.17, 15) is 26.4 Å². The standard InChI is InChI=1S/C19H19ClF3N3O4S/c1-12-9-13(18(27)30-2)3-4-16(12)31(28,29)26-7-5-25(6-8-26)17-15(20)10-14(11-24-17)19(21,22)23/h3-4,9-11H,5-8H2,1-2H3. The predicted octanol–water partition coefficient (Wildman–Crippen LogP) is 3.36. The number of halogens is 4. The molecule has 0 saturated carbocycles. The predicted molar refractivity (Wildman–Crippen MR) is 108 cm³/mol. The summed E-state index contributed by atoms with van der Waals surface area (Å²) in [4.78, 5) is 17.2. The van der Waals surface area contributed by atoms with Crippen molar-refractivity contribution in [2.75, 3.05) is 38.2 Å². The van der Waals surface area contributed by atoms with Crippen LogP contribution in [0.1, 0.15) is 21.5 Å². The molecule has 31 heavy (non-hydrogen) atoms. The van der Waals surface area contributed by atoms with Crippen LogP contribution in [-0.4, -0.2) is 57.0 Å². The smallest absolute Gasteiger partial charge is 0.417 e. The van der Waals surface area contributed by atoms with Gasteiger partial charge in [0.15, 0.2) is 0 Å². The Bertz CT molecular complexity index is 1100. The number of aryl methyl sites for hydroxylation is 1. The number of anilines is 1. The highest BCUT2D eigenvalue weighted by atomic mass is 35.5. The van der Waals surface area contributed by atoms with E-state index in [4.69, 9.17) is 11.6 Å². The number of rotatable bonds is 4. The largest absolute Gasteiger partial charge is 0.465 e. The number of hydrogen-bond acceptors (Lipinski definition) is 6. The lowest BCUT2D eigenvalue weighted by Crippen LogP contribution is -2.49. The number of ether oxygens (including phenoxy) is 1. The molecule has 1 aliphatic rings. The second-order valence-electron chi connectivity index (χ2n) is 6.89. The van der Waals surface area contributed by atoms with Gasteiger partial charge in [0.2, 0.25) is 10.0 Å². The lowest BCUT2D eigenvalue weighted by atomic mass is 10.1. The SMILES string of the molecule is COC(=O)c1ccc(S(=O)(=O)N2CCN(c3ncc(C(F)(F)F)cc3Cl)CC2)c(C)c1. The first kappa shape index (κ1) is 23.3. The first-order valence-corrected chi connectivity index (χ1v) is 10.9. The van der Waals surface area contributed by atoms with Crippen molar-refractivity contribution < 1.29 is 31.1 Å². The van der Waals surface area contributed by atoms with Gasteiger partial charge >= 0.3 is 12.1 Å². The topological polar surface area (TPSA) is 79.8 Å². The molecule has 1 saturated heterocycles. The van der Waals surface area contributed by atoms with Crippen LogP contribution in [0.25, 0.3) is 0 Å². The molecule has 0 N–H and O–H groups in total. The zero-order chi connectivity index (χ0) is 23.0. The van der Waals surface area contributed by atoms with Crippen molar-refractivity contribution in [3.8, 4) is 0 Å². The summed E-state index contributed by atoms with van der Waals surface area (Å²) in [7, 11) is -2.60. The number of sulfonamides is 1. The molecule has 0 amide bonds. The number of benzene rings is 1.